The monoisotopic (exact) mass is 280 g/mol. The fourth-order valence-electron chi connectivity index (χ4n) is 2.75. The summed E-state index contributed by atoms with van der Waals surface area (Å²) < 4.78 is 0. The van der Waals surface area contributed by atoms with Crippen molar-refractivity contribution in [2.45, 2.75) is 31.5 Å². The van der Waals surface area contributed by atoms with Gasteiger partial charge in [0.05, 0.1) is 0 Å². The highest BCUT2D eigenvalue weighted by atomic mass is 15.2. The van der Waals surface area contributed by atoms with Crippen LogP contribution >= 0.6 is 0 Å². The molecule has 0 aromatic heterocycles. The molecule has 110 valence electrons. The van der Waals surface area contributed by atoms with Gasteiger partial charge in [-0.2, -0.15) is 0 Å². The molecule has 1 atom stereocenters. The second-order valence-electron chi connectivity index (χ2n) is 6.01. The average molecular weight is 280 g/mol. The van der Waals surface area contributed by atoms with Gasteiger partial charge in [0.15, 0.2) is 0 Å². The lowest BCUT2D eigenvalue weighted by molar-refractivity contribution is 0.229. The van der Waals surface area contributed by atoms with E-state index in [2.05, 4.69) is 77.9 Å². The van der Waals surface area contributed by atoms with Gasteiger partial charge < -0.3 is 5.32 Å². The number of rotatable bonds is 7. The van der Waals surface area contributed by atoms with Crippen molar-refractivity contribution < 1.29 is 0 Å². The van der Waals surface area contributed by atoms with Crippen molar-refractivity contribution in [3.05, 3.63) is 71.8 Å². The summed E-state index contributed by atoms with van der Waals surface area (Å²) >= 11 is 0. The fraction of sp³-hybridized carbons (Fsp3) is 0.368. The smallest absolute Gasteiger partial charge is 0.0473 e. The van der Waals surface area contributed by atoms with E-state index in [1.54, 1.807) is 0 Å². The molecule has 1 aliphatic rings. The van der Waals surface area contributed by atoms with Crippen LogP contribution in [0.15, 0.2) is 60.7 Å². The molecule has 0 saturated heterocycles. The number of hydrogen-bond acceptors (Lipinski definition) is 2. The van der Waals surface area contributed by atoms with E-state index < -0.39 is 0 Å². The third-order valence-electron chi connectivity index (χ3n) is 4.17. The minimum atomic E-state index is 0.423. The minimum absolute atomic E-state index is 0.423. The fourth-order valence-corrected chi connectivity index (χ4v) is 2.75. The van der Waals surface area contributed by atoms with Crippen LogP contribution in [0.4, 0.5) is 0 Å². The van der Waals surface area contributed by atoms with E-state index in [0.717, 1.165) is 19.1 Å². The molecule has 0 radical (unpaired) electrons. The topological polar surface area (TPSA) is 15.3 Å². The van der Waals surface area contributed by atoms with Gasteiger partial charge in [-0.25, -0.2) is 0 Å². The third kappa shape index (κ3) is 4.16. The van der Waals surface area contributed by atoms with E-state index in [9.17, 15) is 0 Å². The maximum absolute atomic E-state index is 3.68. The summed E-state index contributed by atoms with van der Waals surface area (Å²) in [6, 6.07) is 22.7. The first-order chi connectivity index (χ1) is 10.3. The molecule has 0 heterocycles. The molecule has 1 N–H and O–H groups in total. The molecule has 2 heteroatoms. The third-order valence-corrected chi connectivity index (χ3v) is 4.17. The van der Waals surface area contributed by atoms with Crippen LogP contribution in [0, 0.1) is 0 Å². The summed E-state index contributed by atoms with van der Waals surface area (Å²) in [6.07, 6.45) is 2.67. The number of likely N-dealkylation sites (N-methyl/N-ethyl adjacent to an activating group) is 1. The second-order valence-corrected chi connectivity index (χ2v) is 6.01. The molecular weight excluding hydrogens is 256 g/mol. The molecule has 0 aliphatic heterocycles. The maximum Gasteiger partial charge on any atom is 0.0473 e. The van der Waals surface area contributed by atoms with Gasteiger partial charge in [-0.3, -0.25) is 4.90 Å². The van der Waals surface area contributed by atoms with Gasteiger partial charge in [0.2, 0.25) is 0 Å². The van der Waals surface area contributed by atoms with Gasteiger partial charge >= 0.3 is 0 Å². The van der Waals surface area contributed by atoms with Gasteiger partial charge in [0, 0.05) is 25.2 Å². The Labute approximate surface area is 127 Å². The number of nitrogens with one attached hydrogen (secondary N) is 1. The summed E-state index contributed by atoms with van der Waals surface area (Å²) in [4.78, 5) is 2.44. The summed E-state index contributed by atoms with van der Waals surface area (Å²) in [5.74, 6) is 0. The molecule has 0 spiro atoms. The molecule has 1 unspecified atom stereocenters. The van der Waals surface area contributed by atoms with Gasteiger partial charge in [-0.05, 0) is 31.0 Å². The summed E-state index contributed by atoms with van der Waals surface area (Å²) in [6.45, 7) is 2.00. The highest BCUT2D eigenvalue weighted by molar-refractivity contribution is 5.21. The van der Waals surface area contributed by atoms with Crippen molar-refractivity contribution in [3.8, 4) is 0 Å². The molecule has 0 bridgehead atoms. The molecular formula is C19H24N2. The van der Waals surface area contributed by atoms with Crippen molar-refractivity contribution in [1.82, 2.24) is 10.2 Å². The predicted octanol–water partition coefficient (Wildman–Crippen LogP) is 3.61. The molecule has 2 nitrogen and oxygen atoms in total. The SMILES string of the molecule is CN(Cc1ccccc1)C(CNC1CC1)c1ccccc1. The van der Waals surface area contributed by atoms with E-state index in [0.29, 0.717) is 6.04 Å². The van der Waals surface area contributed by atoms with E-state index in [-0.39, 0.29) is 0 Å². The molecule has 1 aliphatic carbocycles. The van der Waals surface area contributed by atoms with Crippen LogP contribution in [-0.2, 0) is 6.54 Å². The second kappa shape index (κ2) is 6.88. The lowest BCUT2D eigenvalue weighted by Crippen LogP contribution is -2.34. The zero-order valence-corrected chi connectivity index (χ0v) is 12.7. The van der Waals surface area contributed by atoms with Crippen LogP contribution in [0.1, 0.15) is 30.0 Å². The standard InChI is InChI=1S/C19H24N2/c1-21(15-16-8-4-2-5-9-16)19(14-20-18-12-13-18)17-10-6-3-7-11-17/h2-11,18-20H,12-15H2,1H3. The largest absolute Gasteiger partial charge is 0.312 e. The lowest BCUT2D eigenvalue weighted by Gasteiger charge is -2.29. The molecule has 1 fully saturated rings. The van der Waals surface area contributed by atoms with Crippen LogP contribution < -0.4 is 5.32 Å². The van der Waals surface area contributed by atoms with Crippen LogP contribution in [0.2, 0.25) is 0 Å². The van der Waals surface area contributed by atoms with E-state index in [1.165, 1.54) is 24.0 Å². The molecule has 2 aromatic carbocycles. The molecule has 3 rings (SSSR count). The normalized spacial score (nSPS) is 16.1. The highest BCUT2D eigenvalue weighted by Crippen LogP contribution is 2.24. The number of hydrogen-bond donors (Lipinski definition) is 1. The molecule has 2 aromatic rings. The minimum Gasteiger partial charge on any atom is -0.312 e. The Balaban J connectivity index is 1.70. The Morgan fingerprint density at radius 3 is 2.24 bits per heavy atom. The van der Waals surface area contributed by atoms with Crippen molar-refractivity contribution in [1.29, 1.82) is 0 Å². The van der Waals surface area contributed by atoms with Crippen molar-refractivity contribution in [2.24, 2.45) is 0 Å². The first-order valence-electron chi connectivity index (χ1n) is 7.85. The first-order valence-corrected chi connectivity index (χ1v) is 7.85. The Morgan fingerprint density at radius 2 is 1.62 bits per heavy atom. The van der Waals surface area contributed by atoms with Crippen molar-refractivity contribution in [2.75, 3.05) is 13.6 Å². The first kappa shape index (κ1) is 14.3. The summed E-state index contributed by atoms with van der Waals surface area (Å²) in [7, 11) is 2.22. The number of nitrogens with zero attached hydrogens (tertiary/aromatic N) is 1. The van der Waals surface area contributed by atoms with Crippen LogP contribution in [0.25, 0.3) is 0 Å². The number of benzene rings is 2. The Kier molecular flexibility index (Phi) is 4.69. The van der Waals surface area contributed by atoms with Crippen molar-refractivity contribution in [3.63, 3.8) is 0 Å². The Bertz CT molecular complexity index is 534. The summed E-state index contributed by atoms with van der Waals surface area (Å²) in [5.41, 5.74) is 2.76. The van der Waals surface area contributed by atoms with E-state index in [1.807, 2.05) is 0 Å². The quantitative estimate of drug-likeness (QED) is 0.833. The Hall–Kier alpha value is -1.64. The maximum atomic E-state index is 3.68. The molecule has 0 amide bonds. The van der Waals surface area contributed by atoms with E-state index >= 15 is 0 Å². The average Bonchev–Trinajstić information content (AvgIpc) is 3.34. The Morgan fingerprint density at radius 1 is 1.00 bits per heavy atom. The van der Waals surface area contributed by atoms with Crippen LogP contribution in [-0.4, -0.2) is 24.5 Å². The van der Waals surface area contributed by atoms with E-state index in [4.69, 9.17) is 0 Å². The molecule has 21 heavy (non-hydrogen) atoms. The predicted molar refractivity (Wildman–Crippen MR) is 88.1 cm³/mol. The van der Waals surface area contributed by atoms with Crippen LogP contribution in [0.3, 0.4) is 0 Å². The van der Waals surface area contributed by atoms with Gasteiger partial charge in [0.1, 0.15) is 0 Å². The highest BCUT2D eigenvalue weighted by Gasteiger charge is 2.24. The van der Waals surface area contributed by atoms with Gasteiger partial charge in [0.25, 0.3) is 0 Å². The zero-order valence-electron chi connectivity index (χ0n) is 12.7. The lowest BCUT2D eigenvalue weighted by atomic mass is 10.0. The summed E-state index contributed by atoms with van der Waals surface area (Å²) in [5, 5.41) is 3.68. The van der Waals surface area contributed by atoms with Gasteiger partial charge in [-0.15, -0.1) is 0 Å². The van der Waals surface area contributed by atoms with Gasteiger partial charge in [-0.1, -0.05) is 60.7 Å². The zero-order chi connectivity index (χ0) is 14.5. The van der Waals surface area contributed by atoms with Crippen molar-refractivity contribution >= 4 is 0 Å². The molecule has 1 saturated carbocycles. The van der Waals surface area contributed by atoms with Crippen LogP contribution in [0.5, 0.6) is 0 Å².